The van der Waals surface area contributed by atoms with E-state index in [-0.39, 0.29) is 0 Å². The number of likely N-dealkylation sites (N-methyl/N-ethyl adjacent to an activating group) is 1. The van der Waals surface area contributed by atoms with Gasteiger partial charge in [-0.05, 0) is 45.3 Å². The Hall–Kier alpha value is -0.860. The van der Waals surface area contributed by atoms with Crippen LogP contribution in [-0.2, 0) is 6.42 Å². The van der Waals surface area contributed by atoms with Crippen LogP contribution in [0.2, 0.25) is 0 Å². The molecule has 1 rings (SSSR count). The zero-order chi connectivity index (χ0) is 12.7. The van der Waals surface area contributed by atoms with Gasteiger partial charge in [-0.3, -0.25) is 0 Å². The second kappa shape index (κ2) is 6.77. The van der Waals surface area contributed by atoms with E-state index >= 15 is 0 Å². The van der Waals surface area contributed by atoms with Gasteiger partial charge in [0.1, 0.15) is 0 Å². The maximum absolute atomic E-state index is 9.79. The summed E-state index contributed by atoms with van der Waals surface area (Å²) >= 11 is 0. The lowest BCUT2D eigenvalue weighted by molar-refractivity contribution is 0.0376. The second-order valence-electron chi connectivity index (χ2n) is 5.27. The number of rotatable bonds is 7. The largest absolute Gasteiger partial charge is 0.389 e. The number of benzene rings is 1. The topological polar surface area (TPSA) is 23.5 Å². The van der Waals surface area contributed by atoms with Gasteiger partial charge in [-0.2, -0.15) is 0 Å². The Balaban J connectivity index is 2.29. The van der Waals surface area contributed by atoms with Crippen LogP contribution >= 0.6 is 0 Å². The molecule has 1 aromatic carbocycles. The molecule has 0 atom stereocenters. The minimum Gasteiger partial charge on any atom is -0.389 e. The third kappa shape index (κ3) is 6.44. The molecule has 2 heteroatoms. The molecule has 0 bridgehead atoms. The lowest BCUT2D eigenvalue weighted by Crippen LogP contribution is -2.39. The number of nitrogens with zero attached hydrogens (tertiary/aromatic N) is 1. The molecule has 0 saturated carbocycles. The fourth-order valence-corrected chi connectivity index (χ4v) is 2.05. The Kier molecular flexibility index (Phi) is 5.66. The summed E-state index contributed by atoms with van der Waals surface area (Å²) in [5, 5.41) is 9.79. The number of aliphatic hydroxyl groups is 1. The molecular formula is C15H25NO. The highest BCUT2D eigenvalue weighted by molar-refractivity contribution is 5.14. The van der Waals surface area contributed by atoms with Crippen LogP contribution in [0.4, 0.5) is 0 Å². The van der Waals surface area contributed by atoms with E-state index in [0.717, 1.165) is 32.5 Å². The Bertz CT molecular complexity index is 302. The van der Waals surface area contributed by atoms with Crippen molar-refractivity contribution < 1.29 is 5.11 Å². The highest BCUT2D eigenvalue weighted by Gasteiger charge is 2.16. The molecule has 1 N–H and O–H groups in total. The van der Waals surface area contributed by atoms with Gasteiger partial charge in [0.25, 0.3) is 0 Å². The number of aryl methyl sites for hydroxylation is 1. The molecule has 0 heterocycles. The van der Waals surface area contributed by atoms with Crippen LogP contribution in [-0.4, -0.2) is 35.2 Å². The first-order valence-corrected chi connectivity index (χ1v) is 6.50. The average Bonchev–Trinajstić information content (AvgIpc) is 2.27. The Morgan fingerprint density at radius 1 is 1.18 bits per heavy atom. The standard InChI is InChI=1S/C15H25NO/c1-4-16(13-15(2,3)17)12-8-11-14-9-6-5-7-10-14/h5-7,9-10,17H,4,8,11-13H2,1-3H3. The van der Waals surface area contributed by atoms with Crippen LogP contribution in [0.3, 0.4) is 0 Å². The molecule has 0 aromatic heterocycles. The van der Waals surface area contributed by atoms with E-state index in [1.807, 2.05) is 13.8 Å². The maximum atomic E-state index is 9.79. The van der Waals surface area contributed by atoms with Crippen molar-refractivity contribution >= 4 is 0 Å². The Labute approximate surface area is 105 Å². The summed E-state index contributed by atoms with van der Waals surface area (Å²) in [5.74, 6) is 0. The van der Waals surface area contributed by atoms with Crippen molar-refractivity contribution in [3.63, 3.8) is 0 Å². The van der Waals surface area contributed by atoms with Gasteiger partial charge in [-0.1, -0.05) is 37.3 Å². The Morgan fingerprint density at radius 2 is 1.82 bits per heavy atom. The van der Waals surface area contributed by atoms with E-state index in [4.69, 9.17) is 0 Å². The summed E-state index contributed by atoms with van der Waals surface area (Å²) in [6.45, 7) is 8.68. The van der Waals surface area contributed by atoms with Gasteiger partial charge in [0.15, 0.2) is 0 Å². The van der Waals surface area contributed by atoms with Gasteiger partial charge in [0.2, 0.25) is 0 Å². The molecule has 0 aliphatic heterocycles. The normalized spacial score (nSPS) is 12.1. The summed E-state index contributed by atoms with van der Waals surface area (Å²) in [4.78, 5) is 2.31. The SMILES string of the molecule is CCN(CCCc1ccccc1)CC(C)(C)O. The van der Waals surface area contributed by atoms with Crippen molar-refractivity contribution in [3.8, 4) is 0 Å². The van der Waals surface area contributed by atoms with Crippen molar-refractivity contribution in [1.29, 1.82) is 0 Å². The summed E-state index contributed by atoms with van der Waals surface area (Å²) < 4.78 is 0. The molecule has 0 unspecified atom stereocenters. The molecule has 1 aromatic rings. The first kappa shape index (κ1) is 14.2. The van der Waals surface area contributed by atoms with Crippen LogP contribution in [0, 0.1) is 0 Å². The molecule has 96 valence electrons. The van der Waals surface area contributed by atoms with Crippen LogP contribution in [0.25, 0.3) is 0 Å². The van der Waals surface area contributed by atoms with Gasteiger partial charge in [0.05, 0.1) is 5.60 Å². The van der Waals surface area contributed by atoms with E-state index in [0.29, 0.717) is 0 Å². The number of hydrogen-bond donors (Lipinski definition) is 1. The molecule has 17 heavy (non-hydrogen) atoms. The molecule has 0 fully saturated rings. The van der Waals surface area contributed by atoms with E-state index < -0.39 is 5.60 Å². The summed E-state index contributed by atoms with van der Waals surface area (Å²) in [7, 11) is 0. The van der Waals surface area contributed by atoms with Crippen LogP contribution in [0.5, 0.6) is 0 Å². The van der Waals surface area contributed by atoms with Crippen molar-refractivity contribution in [2.75, 3.05) is 19.6 Å². The average molecular weight is 235 g/mol. The molecule has 0 aliphatic carbocycles. The van der Waals surface area contributed by atoms with Crippen LogP contribution in [0.15, 0.2) is 30.3 Å². The van der Waals surface area contributed by atoms with E-state index in [9.17, 15) is 5.11 Å². The van der Waals surface area contributed by atoms with Gasteiger partial charge in [-0.15, -0.1) is 0 Å². The van der Waals surface area contributed by atoms with Crippen LogP contribution in [0.1, 0.15) is 32.8 Å². The predicted octanol–water partition coefficient (Wildman–Crippen LogP) is 2.71. The first-order valence-electron chi connectivity index (χ1n) is 6.50. The monoisotopic (exact) mass is 235 g/mol. The fraction of sp³-hybridized carbons (Fsp3) is 0.600. The van der Waals surface area contributed by atoms with E-state index in [1.165, 1.54) is 5.56 Å². The molecule has 0 saturated heterocycles. The van der Waals surface area contributed by atoms with Gasteiger partial charge in [0, 0.05) is 6.54 Å². The van der Waals surface area contributed by atoms with Crippen molar-refractivity contribution in [3.05, 3.63) is 35.9 Å². The quantitative estimate of drug-likeness (QED) is 0.785. The zero-order valence-electron chi connectivity index (χ0n) is 11.3. The van der Waals surface area contributed by atoms with Crippen molar-refractivity contribution in [2.45, 2.75) is 39.2 Å². The summed E-state index contributed by atoms with van der Waals surface area (Å²) in [5.41, 5.74) is 0.801. The Morgan fingerprint density at radius 3 is 2.35 bits per heavy atom. The fourth-order valence-electron chi connectivity index (χ4n) is 2.05. The highest BCUT2D eigenvalue weighted by Crippen LogP contribution is 2.07. The second-order valence-corrected chi connectivity index (χ2v) is 5.27. The molecule has 2 nitrogen and oxygen atoms in total. The maximum Gasteiger partial charge on any atom is 0.0718 e. The third-order valence-corrected chi connectivity index (χ3v) is 2.84. The molecular weight excluding hydrogens is 210 g/mol. The third-order valence-electron chi connectivity index (χ3n) is 2.84. The van der Waals surface area contributed by atoms with Crippen molar-refractivity contribution in [2.24, 2.45) is 0 Å². The first-order chi connectivity index (χ1) is 8.01. The number of hydrogen-bond acceptors (Lipinski definition) is 2. The molecule has 0 spiro atoms. The minimum absolute atomic E-state index is 0.594. The molecule has 0 aliphatic rings. The van der Waals surface area contributed by atoms with E-state index in [2.05, 4.69) is 42.2 Å². The van der Waals surface area contributed by atoms with Gasteiger partial charge >= 0.3 is 0 Å². The van der Waals surface area contributed by atoms with E-state index in [1.54, 1.807) is 0 Å². The smallest absolute Gasteiger partial charge is 0.0718 e. The summed E-state index contributed by atoms with van der Waals surface area (Å²) in [6, 6.07) is 10.6. The lowest BCUT2D eigenvalue weighted by Gasteiger charge is -2.27. The molecule has 0 amide bonds. The van der Waals surface area contributed by atoms with Crippen molar-refractivity contribution in [1.82, 2.24) is 4.90 Å². The predicted molar refractivity (Wildman–Crippen MR) is 73.2 cm³/mol. The van der Waals surface area contributed by atoms with Gasteiger partial charge in [-0.25, -0.2) is 0 Å². The lowest BCUT2D eigenvalue weighted by atomic mass is 10.1. The van der Waals surface area contributed by atoms with Gasteiger partial charge < -0.3 is 10.0 Å². The highest BCUT2D eigenvalue weighted by atomic mass is 16.3. The molecule has 0 radical (unpaired) electrons. The zero-order valence-corrected chi connectivity index (χ0v) is 11.3. The summed E-state index contributed by atoms with van der Waals surface area (Å²) in [6.07, 6.45) is 2.26. The van der Waals surface area contributed by atoms with Crippen LogP contribution < -0.4 is 0 Å². The minimum atomic E-state index is -0.594.